The van der Waals surface area contributed by atoms with Gasteiger partial charge in [-0.3, -0.25) is 4.55 Å². The first-order valence-corrected chi connectivity index (χ1v) is 5.52. The Bertz CT molecular complexity index is 381. The maximum atomic E-state index is 10.7. The minimum atomic E-state index is -4.31. The van der Waals surface area contributed by atoms with Crippen LogP contribution in [-0.4, -0.2) is 34.9 Å². The van der Waals surface area contributed by atoms with Gasteiger partial charge in [0.25, 0.3) is 10.1 Å². The molecule has 0 aromatic carbocycles. The summed E-state index contributed by atoms with van der Waals surface area (Å²) in [4.78, 5) is -0.400. The molecule has 5 nitrogen and oxygen atoms in total. The topological polar surface area (TPSA) is 94.8 Å². The molecule has 80 valence electrons. The van der Waals surface area contributed by atoms with Crippen LogP contribution in [0.2, 0.25) is 0 Å². The summed E-state index contributed by atoms with van der Waals surface area (Å²) in [6.07, 6.45) is 2.08. The van der Waals surface area contributed by atoms with Gasteiger partial charge >= 0.3 is 0 Å². The molecule has 0 heterocycles. The fourth-order valence-electron chi connectivity index (χ4n) is 1.18. The average Bonchev–Trinajstić information content (AvgIpc) is 2.08. The molecule has 2 unspecified atom stereocenters. The zero-order chi connectivity index (χ0) is 11.0. The first kappa shape index (κ1) is 11.4. The van der Waals surface area contributed by atoms with Crippen LogP contribution in [0.25, 0.3) is 0 Å². The highest BCUT2D eigenvalue weighted by Gasteiger charge is 2.34. The maximum Gasteiger partial charge on any atom is 0.294 e. The van der Waals surface area contributed by atoms with E-state index in [4.69, 9.17) is 4.55 Å². The standard InChI is InChI=1S/C8H12O5S/c1-2-8(10)4-3-6(5-7(8)9)14(11,12)13/h3-5,7,9-10H,2H2,1H3,(H,11,12,13). The Morgan fingerprint density at radius 1 is 1.57 bits per heavy atom. The van der Waals surface area contributed by atoms with Gasteiger partial charge in [0.2, 0.25) is 0 Å². The van der Waals surface area contributed by atoms with Crippen molar-refractivity contribution in [2.75, 3.05) is 0 Å². The molecular weight excluding hydrogens is 208 g/mol. The van der Waals surface area contributed by atoms with Gasteiger partial charge < -0.3 is 10.2 Å². The molecule has 0 aromatic rings. The van der Waals surface area contributed by atoms with Crippen LogP contribution in [0, 0.1) is 0 Å². The lowest BCUT2D eigenvalue weighted by molar-refractivity contribution is -0.0180. The highest BCUT2D eigenvalue weighted by Crippen LogP contribution is 2.26. The van der Waals surface area contributed by atoms with Crippen LogP contribution in [0.15, 0.2) is 23.1 Å². The second-order valence-electron chi connectivity index (χ2n) is 3.17. The van der Waals surface area contributed by atoms with Gasteiger partial charge in [0, 0.05) is 0 Å². The first-order valence-electron chi connectivity index (χ1n) is 4.08. The number of allylic oxidation sites excluding steroid dienone is 1. The van der Waals surface area contributed by atoms with Crippen molar-refractivity contribution >= 4 is 10.1 Å². The van der Waals surface area contributed by atoms with Gasteiger partial charge in [-0.2, -0.15) is 8.42 Å². The Morgan fingerprint density at radius 3 is 2.50 bits per heavy atom. The molecule has 0 spiro atoms. The van der Waals surface area contributed by atoms with E-state index in [-0.39, 0.29) is 6.42 Å². The molecule has 3 N–H and O–H groups in total. The molecule has 2 atom stereocenters. The van der Waals surface area contributed by atoms with E-state index in [1.807, 2.05) is 0 Å². The third-order valence-corrected chi connectivity index (χ3v) is 3.10. The van der Waals surface area contributed by atoms with Crippen molar-refractivity contribution in [1.82, 2.24) is 0 Å². The molecule has 0 radical (unpaired) electrons. The minimum Gasteiger partial charge on any atom is -0.386 e. The van der Waals surface area contributed by atoms with Crippen LogP contribution in [0.1, 0.15) is 13.3 Å². The number of rotatable bonds is 2. The Labute approximate surface area is 82.1 Å². The third-order valence-electron chi connectivity index (χ3n) is 2.23. The van der Waals surface area contributed by atoms with Crippen LogP contribution >= 0.6 is 0 Å². The summed E-state index contributed by atoms with van der Waals surface area (Å²) in [6.45, 7) is 1.65. The van der Waals surface area contributed by atoms with Crippen LogP contribution < -0.4 is 0 Å². The summed E-state index contributed by atoms with van der Waals surface area (Å²) in [5.41, 5.74) is -1.45. The molecular formula is C8H12O5S. The number of hydrogen-bond donors (Lipinski definition) is 3. The predicted molar refractivity (Wildman–Crippen MR) is 50.0 cm³/mol. The quantitative estimate of drug-likeness (QED) is 0.562. The van der Waals surface area contributed by atoms with E-state index in [2.05, 4.69) is 0 Å². The van der Waals surface area contributed by atoms with E-state index >= 15 is 0 Å². The van der Waals surface area contributed by atoms with Crippen molar-refractivity contribution in [3.8, 4) is 0 Å². The molecule has 14 heavy (non-hydrogen) atoms. The van der Waals surface area contributed by atoms with Crippen molar-refractivity contribution in [1.29, 1.82) is 0 Å². The molecule has 0 saturated heterocycles. The molecule has 1 aliphatic rings. The van der Waals surface area contributed by atoms with Gasteiger partial charge in [-0.15, -0.1) is 0 Å². The highest BCUT2D eigenvalue weighted by molar-refractivity contribution is 7.90. The Hall–Kier alpha value is -0.690. The Kier molecular flexibility index (Phi) is 2.82. The maximum absolute atomic E-state index is 10.7. The zero-order valence-corrected chi connectivity index (χ0v) is 8.40. The molecule has 1 rings (SSSR count). The smallest absolute Gasteiger partial charge is 0.294 e. The van der Waals surface area contributed by atoms with Gasteiger partial charge in [0.1, 0.15) is 11.7 Å². The second-order valence-corrected chi connectivity index (χ2v) is 4.59. The van der Waals surface area contributed by atoms with Gasteiger partial charge in [-0.25, -0.2) is 0 Å². The fourth-order valence-corrected chi connectivity index (χ4v) is 1.72. The fraction of sp³-hybridized carbons (Fsp3) is 0.500. The largest absolute Gasteiger partial charge is 0.386 e. The lowest BCUT2D eigenvalue weighted by Crippen LogP contribution is -2.40. The molecule has 6 heteroatoms. The highest BCUT2D eigenvalue weighted by atomic mass is 32.2. The number of aliphatic hydroxyl groups is 2. The Morgan fingerprint density at radius 2 is 2.14 bits per heavy atom. The lowest BCUT2D eigenvalue weighted by Gasteiger charge is -2.29. The van der Waals surface area contributed by atoms with Crippen LogP contribution in [0.3, 0.4) is 0 Å². The van der Waals surface area contributed by atoms with Crippen molar-refractivity contribution in [2.24, 2.45) is 0 Å². The second kappa shape index (κ2) is 3.47. The van der Waals surface area contributed by atoms with Crippen molar-refractivity contribution < 1.29 is 23.2 Å². The minimum absolute atomic E-state index is 0.250. The predicted octanol–water partition coefficient (Wildman–Crippen LogP) is -0.170. The van der Waals surface area contributed by atoms with Gasteiger partial charge in [-0.05, 0) is 24.6 Å². The van der Waals surface area contributed by atoms with Crippen molar-refractivity contribution in [2.45, 2.75) is 25.0 Å². The summed E-state index contributed by atoms with van der Waals surface area (Å²) < 4.78 is 30.0. The monoisotopic (exact) mass is 220 g/mol. The molecule has 0 aromatic heterocycles. The molecule has 1 aliphatic carbocycles. The van der Waals surface area contributed by atoms with Crippen LogP contribution in [0.5, 0.6) is 0 Å². The number of hydrogen-bond acceptors (Lipinski definition) is 4. The average molecular weight is 220 g/mol. The summed E-state index contributed by atoms with van der Waals surface area (Å²) in [7, 11) is -4.31. The summed E-state index contributed by atoms with van der Waals surface area (Å²) >= 11 is 0. The van der Waals surface area contributed by atoms with Crippen molar-refractivity contribution in [3.05, 3.63) is 23.1 Å². The third kappa shape index (κ3) is 2.03. The summed E-state index contributed by atoms with van der Waals surface area (Å²) in [5.74, 6) is 0. The van der Waals surface area contributed by atoms with E-state index in [0.717, 1.165) is 12.2 Å². The molecule has 0 aliphatic heterocycles. The van der Waals surface area contributed by atoms with Gasteiger partial charge in [0.15, 0.2) is 0 Å². The van der Waals surface area contributed by atoms with Crippen LogP contribution in [0.4, 0.5) is 0 Å². The molecule has 0 fully saturated rings. The lowest BCUT2D eigenvalue weighted by atomic mass is 9.90. The van der Waals surface area contributed by atoms with E-state index in [1.54, 1.807) is 6.92 Å². The molecule has 0 bridgehead atoms. The van der Waals surface area contributed by atoms with Gasteiger partial charge in [0.05, 0.1) is 4.91 Å². The van der Waals surface area contributed by atoms with Gasteiger partial charge in [-0.1, -0.05) is 6.92 Å². The number of aliphatic hydroxyl groups excluding tert-OH is 1. The summed E-state index contributed by atoms with van der Waals surface area (Å²) in [6, 6.07) is 0. The van der Waals surface area contributed by atoms with Crippen molar-refractivity contribution in [3.63, 3.8) is 0 Å². The van der Waals surface area contributed by atoms with E-state index in [1.165, 1.54) is 6.08 Å². The van der Waals surface area contributed by atoms with Crippen LogP contribution in [-0.2, 0) is 10.1 Å². The van der Waals surface area contributed by atoms with E-state index < -0.39 is 26.7 Å². The molecule has 0 saturated carbocycles. The SMILES string of the molecule is CCC1(O)C=CC(S(=O)(=O)O)=CC1O. The Balaban J connectivity index is 3.05. The normalized spacial score (nSPS) is 32.9. The zero-order valence-electron chi connectivity index (χ0n) is 7.58. The first-order chi connectivity index (χ1) is 6.29. The summed E-state index contributed by atoms with van der Waals surface area (Å²) in [5, 5.41) is 19.1. The molecule has 0 amide bonds. The van der Waals surface area contributed by atoms with E-state index in [0.29, 0.717) is 0 Å². The van der Waals surface area contributed by atoms with E-state index in [9.17, 15) is 18.6 Å².